The molecule has 0 saturated heterocycles. The molecule has 0 aliphatic rings. The van der Waals surface area contributed by atoms with Crippen molar-refractivity contribution in [1.29, 1.82) is 0 Å². The van der Waals surface area contributed by atoms with Crippen LogP contribution in [0.2, 0.25) is 0 Å². The van der Waals surface area contributed by atoms with E-state index in [0.29, 0.717) is 12.2 Å². The van der Waals surface area contributed by atoms with Gasteiger partial charge in [-0.1, -0.05) is 0 Å². The van der Waals surface area contributed by atoms with E-state index < -0.39 is 5.97 Å². The summed E-state index contributed by atoms with van der Waals surface area (Å²) in [7, 11) is 2.85. The number of nitrogens with zero attached hydrogens (tertiary/aromatic N) is 1. The summed E-state index contributed by atoms with van der Waals surface area (Å²) >= 11 is 0. The monoisotopic (exact) mass is 184 g/mol. The van der Waals surface area contributed by atoms with E-state index in [-0.39, 0.29) is 0 Å². The first-order valence-electron chi connectivity index (χ1n) is 3.79. The Morgan fingerprint density at radius 1 is 1.69 bits per heavy atom. The number of hydroxylamine groups is 2. The molecule has 72 valence electrons. The van der Waals surface area contributed by atoms with Crippen molar-refractivity contribution in [1.82, 2.24) is 10.0 Å². The van der Waals surface area contributed by atoms with Crippen molar-refractivity contribution in [2.45, 2.75) is 6.54 Å². The Balaban J connectivity index is 2.69. The SMILES string of the molecule is COC(=O)c1ccc(CN(C)O)[nH]1. The molecule has 0 bridgehead atoms. The van der Waals surface area contributed by atoms with Crippen molar-refractivity contribution in [3.63, 3.8) is 0 Å². The number of methoxy groups -OCH3 is 1. The van der Waals surface area contributed by atoms with Crippen molar-refractivity contribution in [2.24, 2.45) is 0 Å². The Labute approximate surface area is 75.9 Å². The first-order chi connectivity index (χ1) is 6.13. The third kappa shape index (κ3) is 2.57. The van der Waals surface area contributed by atoms with E-state index in [4.69, 9.17) is 5.21 Å². The van der Waals surface area contributed by atoms with Gasteiger partial charge in [-0.3, -0.25) is 0 Å². The third-order valence-corrected chi connectivity index (χ3v) is 1.55. The van der Waals surface area contributed by atoms with Gasteiger partial charge in [0.1, 0.15) is 5.69 Å². The van der Waals surface area contributed by atoms with Crippen LogP contribution in [0.3, 0.4) is 0 Å². The zero-order valence-corrected chi connectivity index (χ0v) is 7.57. The highest BCUT2D eigenvalue weighted by atomic mass is 16.5. The standard InChI is InChI=1S/C8H12N2O3/c1-10(12)5-6-3-4-7(9-6)8(11)13-2/h3-4,9,12H,5H2,1-2H3. The molecule has 0 aliphatic carbocycles. The van der Waals surface area contributed by atoms with E-state index in [1.54, 1.807) is 12.1 Å². The zero-order valence-electron chi connectivity index (χ0n) is 7.57. The molecule has 0 unspecified atom stereocenters. The zero-order chi connectivity index (χ0) is 9.84. The number of ether oxygens (including phenoxy) is 1. The van der Waals surface area contributed by atoms with Crippen molar-refractivity contribution in [3.05, 3.63) is 23.5 Å². The van der Waals surface area contributed by atoms with E-state index >= 15 is 0 Å². The molecule has 5 nitrogen and oxygen atoms in total. The fourth-order valence-electron chi connectivity index (χ4n) is 1.01. The van der Waals surface area contributed by atoms with Gasteiger partial charge in [0.05, 0.1) is 13.7 Å². The number of nitrogens with one attached hydrogen (secondary N) is 1. The van der Waals surface area contributed by atoms with E-state index in [9.17, 15) is 4.79 Å². The second-order valence-corrected chi connectivity index (χ2v) is 2.70. The number of carbonyl (C=O) groups excluding carboxylic acids is 1. The lowest BCUT2D eigenvalue weighted by atomic mass is 10.4. The number of H-pyrrole nitrogens is 1. The maximum atomic E-state index is 11.0. The summed E-state index contributed by atoms with van der Waals surface area (Å²) in [6, 6.07) is 3.34. The number of aromatic amines is 1. The predicted molar refractivity (Wildman–Crippen MR) is 45.4 cm³/mol. The van der Waals surface area contributed by atoms with E-state index in [2.05, 4.69) is 9.72 Å². The molecule has 1 aromatic rings. The van der Waals surface area contributed by atoms with Gasteiger partial charge in [-0.05, 0) is 12.1 Å². The highest BCUT2D eigenvalue weighted by Gasteiger charge is 2.07. The van der Waals surface area contributed by atoms with Crippen molar-refractivity contribution in [3.8, 4) is 0 Å². The minimum atomic E-state index is -0.410. The van der Waals surface area contributed by atoms with Gasteiger partial charge in [-0.2, -0.15) is 5.06 Å². The number of rotatable bonds is 3. The van der Waals surface area contributed by atoms with E-state index in [0.717, 1.165) is 10.8 Å². The summed E-state index contributed by atoms with van der Waals surface area (Å²) in [4.78, 5) is 13.8. The lowest BCUT2D eigenvalue weighted by molar-refractivity contribution is -0.0739. The van der Waals surface area contributed by atoms with E-state index in [1.165, 1.54) is 14.2 Å². The normalized spacial score (nSPS) is 10.5. The number of carbonyl (C=O) groups is 1. The maximum absolute atomic E-state index is 11.0. The van der Waals surface area contributed by atoms with Crippen LogP contribution in [0.5, 0.6) is 0 Å². The van der Waals surface area contributed by atoms with Crippen LogP contribution in [0.25, 0.3) is 0 Å². The molecule has 0 spiro atoms. The van der Waals surface area contributed by atoms with Crippen LogP contribution in [0.4, 0.5) is 0 Å². The first-order valence-corrected chi connectivity index (χ1v) is 3.79. The Morgan fingerprint density at radius 3 is 2.92 bits per heavy atom. The van der Waals surface area contributed by atoms with Crippen LogP contribution in [-0.4, -0.2) is 35.4 Å². The van der Waals surface area contributed by atoms with Crippen LogP contribution in [-0.2, 0) is 11.3 Å². The van der Waals surface area contributed by atoms with Crippen molar-refractivity contribution < 1.29 is 14.7 Å². The highest BCUT2D eigenvalue weighted by Crippen LogP contribution is 2.04. The van der Waals surface area contributed by atoms with Gasteiger partial charge in [0, 0.05) is 12.7 Å². The van der Waals surface area contributed by atoms with Gasteiger partial charge in [0.2, 0.25) is 0 Å². The maximum Gasteiger partial charge on any atom is 0.354 e. The molecular weight excluding hydrogens is 172 g/mol. The molecule has 0 aliphatic heterocycles. The van der Waals surface area contributed by atoms with Gasteiger partial charge in [-0.25, -0.2) is 4.79 Å². The Hall–Kier alpha value is -1.33. The summed E-state index contributed by atoms with van der Waals surface area (Å²) in [6.45, 7) is 0.344. The lowest BCUT2D eigenvalue weighted by Gasteiger charge is -2.04. The molecule has 1 heterocycles. The molecule has 13 heavy (non-hydrogen) atoms. The second-order valence-electron chi connectivity index (χ2n) is 2.70. The summed E-state index contributed by atoms with van der Waals surface area (Å²) in [5.41, 5.74) is 1.14. The first kappa shape index (κ1) is 9.76. The molecule has 0 amide bonds. The fraction of sp³-hybridized carbons (Fsp3) is 0.375. The third-order valence-electron chi connectivity index (χ3n) is 1.55. The van der Waals surface area contributed by atoms with E-state index in [1.807, 2.05) is 0 Å². The second kappa shape index (κ2) is 4.06. The fourth-order valence-corrected chi connectivity index (χ4v) is 1.01. The summed E-state index contributed by atoms with van der Waals surface area (Å²) < 4.78 is 4.51. The van der Waals surface area contributed by atoms with Crippen LogP contribution in [0.15, 0.2) is 12.1 Å². The minimum Gasteiger partial charge on any atom is -0.464 e. The van der Waals surface area contributed by atoms with Crippen LogP contribution < -0.4 is 0 Å². The van der Waals surface area contributed by atoms with Gasteiger partial charge in [0.15, 0.2) is 0 Å². The Kier molecular flexibility index (Phi) is 3.05. The average molecular weight is 184 g/mol. The summed E-state index contributed by atoms with van der Waals surface area (Å²) in [6.07, 6.45) is 0. The minimum absolute atomic E-state index is 0.344. The smallest absolute Gasteiger partial charge is 0.354 e. The quantitative estimate of drug-likeness (QED) is 0.534. The molecule has 0 fully saturated rings. The Bertz CT molecular complexity index is 293. The van der Waals surface area contributed by atoms with Crippen LogP contribution in [0.1, 0.15) is 16.2 Å². The number of aromatic nitrogens is 1. The predicted octanol–water partition coefficient (Wildman–Crippen LogP) is 0.622. The molecule has 1 rings (SSSR count). The molecule has 1 aromatic heterocycles. The van der Waals surface area contributed by atoms with Crippen molar-refractivity contribution in [2.75, 3.05) is 14.2 Å². The van der Waals surface area contributed by atoms with Gasteiger partial charge in [-0.15, -0.1) is 0 Å². The molecule has 5 heteroatoms. The van der Waals surface area contributed by atoms with Crippen molar-refractivity contribution >= 4 is 5.97 Å². The molecular formula is C8H12N2O3. The molecule has 0 aromatic carbocycles. The molecule has 2 N–H and O–H groups in total. The topological polar surface area (TPSA) is 65.6 Å². The largest absolute Gasteiger partial charge is 0.464 e. The molecule has 0 saturated carbocycles. The number of hydrogen-bond donors (Lipinski definition) is 2. The number of esters is 1. The van der Waals surface area contributed by atoms with Gasteiger partial charge < -0.3 is 14.9 Å². The van der Waals surface area contributed by atoms with Crippen LogP contribution in [0, 0.1) is 0 Å². The number of hydrogen-bond acceptors (Lipinski definition) is 4. The lowest BCUT2D eigenvalue weighted by Crippen LogP contribution is -2.12. The highest BCUT2D eigenvalue weighted by molar-refractivity contribution is 5.87. The average Bonchev–Trinajstić information content (AvgIpc) is 2.50. The van der Waals surface area contributed by atoms with Gasteiger partial charge in [0.25, 0.3) is 0 Å². The summed E-state index contributed by atoms with van der Waals surface area (Å²) in [5.74, 6) is -0.410. The molecule has 0 atom stereocenters. The summed E-state index contributed by atoms with van der Waals surface area (Å²) in [5, 5.41) is 9.93. The Morgan fingerprint density at radius 2 is 2.38 bits per heavy atom. The van der Waals surface area contributed by atoms with Crippen LogP contribution >= 0.6 is 0 Å². The van der Waals surface area contributed by atoms with Gasteiger partial charge >= 0.3 is 5.97 Å². The molecule has 0 radical (unpaired) electrons.